The van der Waals surface area contributed by atoms with Crippen LogP contribution in [-0.2, 0) is 0 Å². The molecule has 0 bridgehead atoms. The van der Waals surface area contributed by atoms with E-state index in [9.17, 15) is 0 Å². The van der Waals surface area contributed by atoms with E-state index in [0.717, 1.165) is 17.2 Å². The second-order valence-electron chi connectivity index (χ2n) is 5.87. The zero-order valence-electron chi connectivity index (χ0n) is 14.4. The van der Waals surface area contributed by atoms with Crippen LogP contribution in [0.4, 0.5) is 0 Å². The number of nitrogens with one attached hydrogen (secondary N) is 1. The van der Waals surface area contributed by atoms with Crippen molar-refractivity contribution in [3.05, 3.63) is 30.6 Å². The van der Waals surface area contributed by atoms with Gasteiger partial charge in [0.2, 0.25) is 0 Å². The molecule has 3 rings (SSSR count). The lowest BCUT2D eigenvalue weighted by atomic mass is 10.3. The third-order valence-corrected chi connectivity index (χ3v) is 2.76. The van der Waals surface area contributed by atoms with Crippen molar-refractivity contribution in [1.82, 2.24) is 14.5 Å². The van der Waals surface area contributed by atoms with E-state index >= 15 is 0 Å². The first kappa shape index (κ1) is 17.3. The van der Waals surface area contributed by atoms with Crippen LogP contribution in [0.2, 0.25) is 0 Å². The van der Waals surface area contributed by atoms with Gasteiger partial charge in [-0.1, -0.05) is 34.6 Å². The summed E-state index contributed by atoms with van der Waals surface area (Å²) in [6.45, 7) is 14.8. The summed E-state index contributed by atoms with van der Waals surface area (Å²) in [7, 11) is 0. The van der Waals surface area contributed by atoms with Crippen molar-refractivity contribution < 1.29 is 0 Å². The van der Waals surface area contributed by atoms with E-state index in [0.29, 0.717) is 6.04 Å². The fourth-order valence-corrected chi connectivity index (χ4v) is 1.97. The topological polar surface area (TPSA) is 33.6 Å². The largest absolute Gasteiger partial charge is 0.346 e. The molecular formula is C18H29N3. The van der Waals surface area contributed by atoms with Crippen molar-refractivity contribution in [2.75, 3.05) is 0 Å². The van der Waals surface area contributed by atoms with Crippen LogP contribution in [-0.4, -0.2) is 14.5 Å². The highest BCUT2D eigenvalue weighted by molar-refractivity contribution is 5.90. The molecule has 3 heterocycles. The van der Waals surface area contributed by atoms with E-state index in [1.807, 2.05) is 20.0 Å². The van der Waals surface area contributed by atoms with Crippen LogP contribution >= 0.6 is 0 Å². The molecule has 0 fully saturated rings. The number of fused-ring (bicyclic) bond motifs is 2. The van der Waals surface area contributed by atoms with E-state index < -0.39 is 0 Å². The molecule has 0 atom stereocenters. The number of aromatic amines is 1. The number of nitrogens with zero attached hydrogens (tertiary/aromatic N) is 2. The Hall–Kier alpha value is -1.77. The van der Waals surface area contributed by atoms with Gasteiger partial charge in [-0.2, -0.15) is 0 Å². The fraction of sp³-hybridized carbons (Fsp3) is 0.500. The summed E-state index contributed by atoms with van der Waals surface area (Å²) in [6.07, 6.45) is 4.03. The molecule has 0 aliphatic heterocycles. The second kappa shape index (κ2) is 7.87. The van der Waals surface area contributed by atoms with Crippen molar-refractivity contribution >= 4 is 22.1 Å². The van der Waals surface area contributed by atoms with Crippen LogP contribution in [0.1, 0.15) is 54.5 Å². The van der Waals surface area contributed by atoms with E-state index in [1.165, 1.54) is 10.8 Å². The Morgan fingerprint density at radius 2 is 1.62 bits per heavy atom. The molecule has 0 spiro atoms. The van der Waals surface area contributed by atoms with E-state index in [2.05, 4.69) is 73.5 Å². The highest BCUT2D eigenvalue weighted by Crippen LogP contribution is 2.22. The normalized spacial score (nSPS) is 10.5. The minimum Gasteiger partial charge on any atom is -0.346 e. The zero-order valence-corrected chi connectivity index (χ0v) is 14.4. The predicted octanol–water partition coefficient (Wildman–Crippen LogP) is 5.79. The quantitative estimate of drug-likeness (QED) is 0.604. The van der Waals surface area contributed by atoms with Gasteiger partial charge in [-0.15, -0.1) is 0 Å². The van der Waals surface area contributed by atoms with Crippen LogP contribution in [0.5, 0.6) is 0 Å². The standard InChI is InChI=1S/C12H13N3.C4H10.C2H6/c1-8(2)15-6-4-10-7-9-3-5-13-11(9)14-12(10)15;1-4(2)3;1-2/h3-8H,1-2H3,(H,13,14);4H,1-3H3;1-2H3. The van der Waals surface area contributed by atoms with Gasteiger partial charge in [0.05, 0.1) is 0 Å². The minimum atomic E-state index is 0.447. The van der Waals surface area contributed by atoms with Gasteiger partial charge in [-0.05, 0) is 38.0 Å². The molecule has 0 saturated heterocycles. The van der Waals surface area contributed by atoms with Crippen LogP contribution in [0.3, 0.4) is 0 Å². The molecule has 3 aromatic rings. The van der Waals surface area contributed by atoms with E-state index in [4.69, 9.17) is 0 Å². The Kier molecular flexibility index (Phi) is 6.47. The molecule has 21 heavy (non-hydrogen) atoms. The van der Waals surface area contributed by atoms with Gasteiger partial charge in [0.15, 0.2) is 0 Å². The van der Waals surface area contributed by atoms with Gasteiger partial charge in [0, 0.05) is 29.2 Å². The maximum Gasteiger partial charge on any atom is 0.142 e. The fourth-order valence-electron chi connectivity index (χ4n) is 1.97. The third kappa shape index (κ3) is 4.35. The summed E-state index contributed by atoms with van der Waals surface area (Å²) in [5, 5.41) is 2.37. The molecule has 1 N–H and O–H groups in total. The van der Waals surface area contributed by atoms with Crippen LogP contribution in [0.25, 0.3) is 22.1 Å². The van der Waals surface area contributed by atoms with Crippen LogP contribution in [0.15, 0.2) is 30.6 Å². The predicted molar refractivity (Wildman–Crippen MR) is 93.8 cm³/mol. The molecule has 0 amide bonds. The van der Waals surface area contributed by atoms with Crippen LogP contribution in [0, 0.1) is 5.92 Å². The Bertz CT molecular complexity index is 657. The summed E-state index contributed by atoms with van der Waals surface area (Å²) in [4.78, 5) is 7.77. The average Bonchev–Trinajstić information content (AvgIpc) is 3.02. The number of aromatic nitrogens is 3. The van der Waals surface area contributed by atoms with Crippen molar-refractivity contribution in [2.45, 2.75) is 54.5 Å². The van der Waals surface area contributed by atoms with Gasteiger partial charge < -0.3 is 9.55 Å². The Morgan fingerprint density at radius 3 is 2.19 bits per heavy atom. The molecule has 3 heteroatoms. The monoisotopic (exact) mass is 287 g/mol. The number of H-pyrrole nitrogens is 1. The average molecular weight is 287 g/mol. The van der Waals surface area contributed by atoms with E-state index in [1.54, 1.807) is 0 Å². The number of pyridine rings is 1. The summed E-state index contributed by atoms with van der Waals surface area (Å²) in [5.74, 6) is 0.833. The highest BCUT2D eigenvalue weighted by Gasteiger charge is 2.07. The number of hydrogen-bond acceptors (Lipinski definition) is 1. The molecule has 0 aliphatic rings. The van der Waals surface area contributed by atoms with Crippen molar-refractivity contribution in [2.24, 2.45) is 5.92 Å². The van der Waals surface area contributed by atoms with Crippen molar-refractivity contribution in [1.29, 1.82) is 0 Å². The summed E-state index contributed by atoms with van der Waals surface area (Å²) in [5.41, 5.74) is 2.02. The van der Waals surface area contributed by atoms with Gasteiger partial charge >= 0.3 is 0 Å². The molecule has 3 aromatic heterocycles. The SMILES string of the molecule is CC.CC(C)C.CC(C)n1ccc2cc3cc[nH]c3nc21. The smallest absolute Gasteiger partial charge is 0.142 e. The minimum absolute atomic E-state index is 0.447. The molecular weight excluding hydrogens is 258 g/mol. The van der Waals surface area contributed by atoms with Gasteiger partial charge in [-0.25, -0.2) is 4.98 Å². The van der Waals surface area contributed by atoms with Crippen molar-refractivity contribution in [3.63, 3.8) is 0 Å². The molecule has 0 aromatic carbocycles. The highest BCUT2D eigenvalue weighted by atomic mass is 15.1. The lowest BCUT2D eigenvalue weighted by molar-refractivity contribution is 0.618. The molecule has 0 aliphatic carbocycles. The van der Waals surface area contributed by atoms with E-state index in [-0.39, 0.29) is 0 Å². The van der Waals surface area contributed by atoms with Crippen molar-refractivity contribution in [3.8, 4) is 0 Å². The molecule has 0 radical (unpaired) electrons. The molecule has 0 unspecified atom stereocenters. The lowest BCUT2D eigenvalue weighted by Gasteiger charge is -2.07. The van der Waals surface area contributed by atoms with Crippen LogP contribution < -0.4 is 0 Å². The Balaban J connectivity index is 0.000000322. The van der Waals surface area contributed by atoms with Gasteiger partial charge in [-0.3, -0.25) is 0 Å². The third-order valence-electron chi connectivity index (χ3n) is 2.76. The first-order chi connectivity index (χ1) is 9.99. The Morgan fingerprint density at radius 1 is 1.00 bits per heavy atom. The lowest BCUT2D eigenvalue weighted by Crippen LogP contribution is -1.99. The summed E-state index contributed by atoms with van der Waals surface area (Å²) >= 11 is 0. The number of hydrogen-bond donors (Lipinski definition) is 1. The maximum atomic E-state index is 4.63. The van der Waals surface area contributed by atoms with Gasteiger partial charge in [0.25, 0.3) is 0 Å². The number of rotatable bonds is 1. The first-order valence-corrected chi connectivity index (χ1v) is 7.93. The second-order valence-corrected chi connectivity index (χ2v) is 5.87. The summed E-state index contributed by atoms with van der Waals surface area (Å²) in [6, 6.07) is 6.79. The van der Waals surface area contributed by atoms with Gasteiger partial charge in [0.1, 0.15) is 11.3 Å². The summed E-state index contributed by atoms with van der Waals surface area (Å²) < 4.78 is 2.19. The zero-order chi connectivity index (χ0) is 16.0. The first-order valence-electron chi connectivity index (χ1n) is 7.93. The molecule has 0 saturated carbocycles. The Labute approximate surface area is 128 Å². The molecule has 3 nitrogen and oxygen atoms in total. The molecule has 116 valence electrons. The maximum absolute atomic E-state index is 4.63.